The molecule has 0 saturated heterocycles. The first-order valence-electron chi connectivity index (χ1n) is 11.3. The molecule has 0 saturated carbocycles. The van der Waals surface area contributed by atoms with Gasteiger partial charge < -0.3 is 9.47 Å². The monoisotopic (exact) mass is 491 g/mol. The van der Waals surface area contributed by atoms with E-state index in [1.165, 1.54) is 0 Å². The third-order valence-electron chi connectivity index (χ3n) is 4.94. The van der Waals surface area contributed by atoms with Crippen molar-refractivity contribution in [2.75, 3.05) is 6.61 Å². The van der Waals surface area contributed by atoms with E-state index in [0.29, 0.717) is 41.8 Å². The minimum atomic E-state index is -0.411. The summed E-state index contributed by atoms with van der Waals surface area (Å²) in [5, 5.41) is 2.51. The van der Waals surface area contributed by atoms with E-state index >= 15 is 0 Å². The summed E-state index contributed by atoms with van der Waals surface area (Å²) < 4.78 is 11.4. The van der Waals surface area contributed by atoms with Crippen LogP contribution in [0.4, 0.5) is 0 Å². The van der Waals surface area contributed by atoms with Crippen LogP contribution in [0.25, 0.3) is 0 Å². The summed E-state index contributed by atoms with van der Waals surface area (Å²) >= 11 is 5.12. The summed E-state index contributed by atoms with van der Waals surface area (Å²) in [6, 6.07) is 23.4. The van der Waals surface area contributed by atoms with Crippen molar-refractivity contribution in [1.82, 2.24) is 16.2 Å². The Morgan fingerprint density at radius 3 is 2.26 bits per heavy atom. The van der Waals surface area contributed by atoms with Gasteiger partial charge >= 0.3 is 0 Å². The van der Waals surface area contributed by atoms with E-state index in [1.807, 2.05) is 30.3 Å². The number of hydrazine groups is 1. The maximum Gasteiger partial charge on any atom is 0.269 e. The van der Waals surface area contributed by atoms with Gasteiger partial charge in [0.15, 0.2) is 5.11 Å². The van der Waals surface area contributed by atoms with Crippen LogP contribution in [-0.4, -0.2) is 23.5 Å². The van der Waals surface area contributed by atoms with Crippen LogP contribution in [0.3, 0.4) is 0 Å². The van der Waals surface area contributed by atoms with Gasteiger partial charge in [0, 0.05) is 11.1 Å². The number of ether oxygens (including phenoxy) is 2. The smallest absolute Gasteiger partial charge is 0.269 e. The molecule has 0 fully saturated rings. The number of hydrogen-bond donors (Lipinski definition) is 3. The number of thiocarbonyl (C=S) groups is 1. The second kappa shape index (κ2) is 13.1. The van der Waals surface area contributed by atoms with Crippen molar-refractivity contribution in [2.24, 2.45) is 5.92 Å². The van der Waals surface area contributed by atoms with Crippen molar-refractivity contribution in [3.63, 3.8) is 0 Å². The topological polar surface area (TPSA) is 88.7 Å². The van der Waals surface area contributed by atoms with Crippen LogP contribution in [0.15, 0.2) is 78.9 Å². The van der Waals surface area contributed by atoms with Crippen molar-refractivity contribution < 1.29 is 19.1 Å². The Bertz CT molecular complexity index is 1130. The molecule has 3 N–H and O–H groups in total. The lowest BCUT2D eigenvalue weighted by Gasteiger charge is -2.12. The standard InChI is InChI=1S/C27H29N3O4S/c1-19(2)15-16-33-24-10-6-9-22(17-24)25(31)28-27(35)30-29-26(32)21-11-13-23(14-12-21)34-18-20-7-4-3-5-8-20/h3-14,17,19H,15-16,18H2,1-2H3,(H,29,32)(H2,28,30,31,35). The Kier molecular flexibility index (Phi) is 9.62. The Hall–Kier alpha value is -3.91. The Morgan fingerprint density at radius 2 is 1.54 bits per heavy atom. The van der Waals surface area contributed by atoms with Gasteiger partial charge in [0.05, 0.1) is 6.61 Å². The molecule has 3 aromatic carbocycles. The van der Waals surface area contributed by atoms with Gasteiger partial charge in [0.2, 0.25) is 0 Å². The highest BCUT2D eigenvalue weighted by atomic mass is 32.1. The van der Waals surface area contributed by atoms with Gasteiger partial charge in [-0.2, -0.15) is 0 Å². The largest absolute Gasteiger partial charge is 0.494 e. The van der Waals surface area contributed by atoms with Crippen molar-refractivity contribution in [1.29, 1.82) is 0 Å². The average molecular weight is 492 g/mol. The van der Waals surface area contributed by atoms with Crippen molar-refractivity contribution in [3.8, 4) is 11.5 Å². The van der Waals surface area contributed by atoms with Crippen molar-refractivity contribution in [2.45, 2.75) is 26.9 Å². The molecular weight excluding hydrogens is 462 g/mol. The lowest BCUT2D eigenvalue weighted by Crippen LogP contribution is -2.48. The first kappa shape index (κ1) is 25.7. The van der Waals surface area contributed by atoms with E-state index in [-0.39, 0.29) is 5.11 Å². The molecule has 7 nitrogen and oxygen atoms in total. The Labute approximate surface area is 210 Å². The zero-order chi connectivity index (χ0) is 25.0. The number of carbonyl (C=O) groups is 2. The van der Waals surface area contributed by atoms with Gasteiger partial charge in [0.25, 0.3) is 11.8 Å². The van der Waals surface area contributed by atoms with Gasteiger partial charge in [-0.15, -0.1) is 0 Å². The van der Waals surface area contributed by atoms with Gasteiger partial charge in [-0.25, -0.2) is 0 Å². The number of nitrogens with one attached hydrogen (secondary N) is 3. The van der Waals surface area contributed by atoms with Gasteiger partial charge in [-0.1, -0.05) is 50.2 Å². The average Bonchev–Trinajstić information content (AvgIpc) is 2.87. The Balaban J connectivity index is 1.43. The number of benzene rings is 3. The zero-order valence-corrected chi connectivity index (χ0v) is 20.6. The van der Waals surface area contributed by atoms with Crippen LogP contribution in [0.2, 0.25) is 0 Å². The zero-order valence-electron chi connectivity index (χ0n) is 19.7. The second-order valence-corrected chi connectivity index (χ2v) is 8.63. The van der Waals surface area contributed by atoms with Gasteiger partial charge in [0.1, 0.15) is 18.1 Å². The summed E-state index contributed by atoms with van der Waals surface area (Å²) in [4.78, 5) is 24.9. The lowest BCUT2D eigenvalue weighted by atomic mass is 10.1. The molecule has 0 atom stereocenters. The predicted octanol–water partition coefficient (Wildman–Crippen LogP) is 4.64. The van der Waals surface area contributed by atoms with E-state index in [2.05, 4.69) is 30.0 Å². The number of rotatable bonds is 9. The van der Waals surface area contributed by atoms with E-state index in [1.54, 1.807) is 48.5 Å². The quantitative estimate of drug-likeness (QED) is 0.299. The molecule has 0 radical (unpaired) electrons. The first-order valence-corrected chi connectivity index (χ1v) is 11.7. The fraction of sp³-hybridized carbons (Fsp3) is 0.222. The van der Waals surface area contributed by atoms with E-state index in [4.69, 9.17) is 21.7 Å². The Morgan fingerprint density at radius 1 is 0.800 bits per heavy atom. The van der Waals surface area contributed by atoms with E-state index < -0.39 is 11.8 Å². The summed E-state index contributed by atoms with van der Waals surface area (Å²) in [5.41, 5.74) is 6.87. The van der Waals surface area contributed by atoms with Crippen LogP contribution < -0.4 is 25.6 Å². The highest BCUT2D eigenvalue weighted by molar-refractivity contribution is 7.80. The van der Waals surface area contributed by atoms with Crippen LogP contribution in [0.1, 0.15) is 46.5 Å². The number of carbonyl (C=O) groups excluding carboxylic acids is 2. The van der Waals surface area contributed by atoms with Crippen molar-refractivity contribution in [3.05, 3.63) is 95.6 Å². The SMILES string of the molecule is CC(C)CCOc1cccc(C(=O)NC(=S)NNC(=O)c2ccc(OCc3ccccc3)cc2)c1. The molecule has 0 aliphatic heterocycles. The van der Waals surface area contributed by atoms with Crippen molar-refractivity contribution >= 4 is 29.1 Å². The fourth-order valence-electron chi connectivity index (χ4n) is 2.98. The summed E-state index contributed by atoms with van der Waals surface area (Å²) in [6.07, 6.45) is 0.924. The summed E-state index contributed by atoms with van der Waals surface area (Å²) in [7, 11) is 0. The summed E-state index contributed by atoms with van der Waals surface area (Å²) in [5.74, 6) is 0.979. The second-order valence-electron chi connectivity index (χ2n) is 8.22. The molecular formula is C27H29N3O4S. The fourth-order valence-corrected chi connectivity index (χ4v) is 3.12. The molecule has 0 spiro atoms. The van der Waals surface area contributed by atoms with Gasteiger partial charge in [-0.3, -0.25) is 25.8 Å². The number of hydrogen-bond acceptors (Lipinski definition) is 5. The third kappa shape index (κ3) is 8.75. The van der Waals surface area contributed by atoms with E-state index in [0.717, 1.165) is 12.0 Å². The minimum Gasteiger partial charge on any atom is -0.494 e. The molecule has 0 aromatic heterocycles. The molecule has 0 aliphatic rings. The molecule has 3 rings (SSSR count). The molecule has 8 heteroatoms. The lowest BCUT2D eigenvalue weighted by molar-refractivity contribution is 0.0934. The predicted molar refractivity (Wildman–Crippen MR) is 139 cm³/mol. The van der Waals surface area contributed by atoms with Gasteiger partial charge in [-0.05, 0) is 72.6 Å². The molecule has 3 aromatic rings. The number of amides is 2. The molecule has 0 bridgehead atoms. The third-order valence-corrected chi connectivity index (χ3v) is 5.15. The van der Waals surface area contributed by atoms with Crippen LogP contribution in [0.5, 0.6) is 11.5 Å². The molecule has 0 unspecified atom stereocenters. The first-order chi connectivity index (χ1) is 16.9. The normalized spacial score (nSPS) is 10.4. The summed E-state index contributed by atoms with van der Waals surface area (Å²) in [6.45, 7) is 5.26. The van der Waals surface area contributed by atoms with Crippen LogP contribution in [0, 0.1) is 5.92 Å². The molecule has 0 aliphatic carbocycles. The van der Waals surface area contributed by atoms with Crippen LogP contribution >= 0.6 is 12.2 Å². The maximum atomic E-state index is 12.5. The minimum absolute atomic E-state index is 0.0303. The van der Waals surface area contributed by atoms with E-state index in [9.17, 15) is 9.59 Å². The highest BCUT2D eigenvalue weighted by Crippen LogP contribution is 2.15. The molecule has 0 heterocycles. The molecule has 182 valence electrons. The highest BCUT2D eigenvalue weighted by Gasteiger charge is 2.11. The maximum absolute atomic E-state index is 12.5. The van der Waals surface area contributed by atoms with Crippen LogP contribution in [-0.2, 0) is 6.61 Å². The molecule has 2 amide bonds. The molecule has 35 heavy (non-hydrogen) atoms.